The van der Waals surface area contributed by atoms with Crippen molar-refractivity contribution in [2.75, 3.05) is 23.9 Å². The van der Waals surface area contributed by atoms with Gasteiger partial charge in [-0.05, 0) is 43.9 Å². The number of amides is 2. The first-order valence-corrected chi connectivity index (χ1v) is 14.5. The number of hydrogen-bond donors (Lipinski definition) is 1. The molecule has 2 aromatic carbocycles. The quantitative estimate of drug-likeness (QED) is 0.506. The molecular formula is C27H35N3O6S. The molecule has 2 amide bonds. The highest BCUT2D eigenvalue weighted by Gasteiger charge is 2.33. The maximum atomic E-state index is 13.8. The van der Waals surface area contributed by atoms with Gasteiger partial charge in [-0.15, -0.1) is 0 Å². The first-order chi connectivity index (χ1) is 17.7. The summed E-state index contributed by atoms with van der Waals surface area (Å²) < 4.78 is 37.4. The zero-order chi connectivity index (χ0) is 26.6. The van der Waals surface area contributed by atoms with Gasteiger partial charge in [-0.1, -0.05) is 49.6 Å². The number of nitrogens with zero attached hydrogens (tertiary/aromatic N) is 2. The van der Waals surface area contributed by atoms with Crippen LogP contribution in [0.5, 0.6) is 11.5 Å². The molecule has 200 valence electrons. The SMILES string of the molecule is CC[C@@H](C(=O)NC1CCCC1)N(Cc1ccc(C)cc1)C(=O)CN(c1ccc2c(c1)OCO2)S(C)(=O)=O. The van der Waals surface area contributed by atoms with Gasteiger partial charge in [0.05, 0.1) is 11.9 Å². The second-order valence-corrected chi connectivity index (χ2v) is 11.6. The number of hydrogen-bond acceptors (Lipinski definition) is 6. The highest BCUT2D eigenvalue weighted by Crippen LogP contribution is 2.36. The highest BCUT2D eigenvalue weighted by atomic mass is 32.2. The van der Waals surface area contributed by atoms with E-state index in [4.69, 9.17) is 9.47 Å². The summed E-state index contributed by atoms with van der Waals surface area (Å²) in [6.07, 6.45) is 5.47. The van der Waals surface area contributed by atoms with Crippen LogP contribution in [-0.4, -0.2) is 56.8 Å². The van der Waals surface area contributed by atoms with Crippen molar-refractivity contribution in [1.82, 2.24) is 10.2 Å². The summed E-state index contributed by atoms with van der Waals surface area (Å²) >= 11 is 0. The number of carbonyl (C=O) groups is 2. The second-order valence-electron chi connectivity index (χ2n) is 9.73. The number of benzene rings is 2. The zero-order valence-electron chi connectivity index (χ0n) is 21.6. The van der Waals surface area contributed by atoms with Crippen LogP contribution in [0.1, 0.15) is 50.2 Å². The molecular weight excluding hydrogens is 494 g/mol. The number of fused-ring (bicyclic) bond motifs is 1. The van der Waals surface area contributed by atoms with E-state index >= 15 is 0 Å². The summed E-state index contributed by atoms with van der Waals surface area (Å²) in [5.74, 6) is 0.262. The monoisotopic (exact) mass is 529 g/mol. The summed E-state index contributed by atoms with van der Waals surface area (Å²) in [6, 6.07) is 11.9. The van der Waals surface area contributed by atoms with Gasteiger partial charge in [0.15, 0.2) is 11.5 Å². The Morgan fingerprint density at radius 1 is 1.05 bits per heavy atom. The Hall–Kier alpha value is -3.27. The molecule has 1 fully saturated rings. The summed E-state index contributed by atoms with van der Waals surface area (Å²) in [7, 11) is -3.82. The number of aryl methyl sites for hydroxylation is 1. The van der Waals surface area contributed by atoms with E-state index < -0.39 is 28.5 Å². The lowest BCUT2D eigenvalue weighted by Gasteiger charge is -2.33. The molecule has 0 saturated heterocycles. The largest absolute Gasteiger partial charge is 0.454 e. The van der Waals surface area contributed by atoms with Crippen molar-refractivity contribution < 1.29 is 27.5 Å². The number of anilines is 1. The summed E-state index contributed by atoms with van der Waals surface area (Å²) in [5.41, 5.74) is 2.23. The number of rotatable bonds is 10. The van der Waals surface area contributed by atoms with Crippen LogP contribution in [-0.2, 0) is 26.2 Å². The maximum Gasteiger partial charge on any atom is 0.244 e. The van der Waals surface area contributed by atoms with Gasteiger partial charge in [0.25, 0.3) is 0 Å². The molecule has 0 spiro atoms. The van der Waals surface area contributed by atoms with Crippen molar-refractivity contribution >= 4 is 27.5 Å². The lowest BCUT2D eigenvalue weighted by Crippen LogP contribution is -2.53. The van der Waals surface area contributed by atoms with Crippen LogP contribution in [0.2, 0.25) is 0 Å². The third-order valence-electron chi connectivity index (χ3n) is 6.88. The van der Waals surface area contributed by atoms with Gasteiger partial charge in [-0.3, -0.25) is 13.9 Å². The summed E-state index contributed by atoms with van der Waals surface area (Å²) in [5, 5.41) is 3.11. The molecule has 2 aromatic rings. The predicted octanol–water partition coefficient (Wildman–Crippen LogP) is 3.36. The molecule has 0 unspecified atom stereocenters. The Balaban J connectivity index is 1.62. The molecule has 10 heteroatoms. The van der Waals surface area contributed by atoms with E-state index in [0.717, 1.165) is 47.4 Å². The topological polar surface area (TPSA) is 105 Å². The smallest absolute Gasteiger partial charge is 0.244 e. The molecule has 4 rings (SSSR count). The number of nitrogens with one attached hydrogen (secondary N) is 1. The Kier molecular flexibility index (Phi) is 8.26. The van der Waals surface area contributed by atoms with Crippen molar-refractivity contribution in [2.24, 2.45) is 0 Å². The van der Waals surface area contributed by atoms with Crippen LogP contribution < -0.4 is 19.1 Å². The van der Waals surface area contributed by atoms with Crippen molar-refractivity contribution in [3.05, 3.63) is 53.6 Å². The van der Waals surface area contributed by atoms with Gasteiger partial charge in [0.1, 0.15) is 12.6 Å². The number of sulfonamides is 1. The molecule has 2 aliphatic rings. The van der Waals surface area contributed by atoms with Crippen LogP contribution in [0.15, 0.2) is 42.5 Å². The van der Waals surface area contributed by atoms with Crippen molar-refractivity contribution in [1.29, 1.82) is 0 Å². The predicted molar refractivity (Wildman–Crippen MR) is 141 cm³/mol. The lowest BCUT2D eigenvalue weighted by atomic mass is 10.1. The first kappa shape index (κ1) is 26.8. The van der Waals surface area contributed by atoms with Gasteiger partial charge in [0, 0.05) is 18.7 Å². The first-order valence-electron chi connectivity index (χ1n) is 12.7. The summed E-state index contributed by atoms with van der Waals surface area (Å²) in [6.45, 7) is 3.63. The zero-order valence-corrected chi connectivity index (χ0v) is 22.4. The molecule has 1 aliphatic carbocycles. The molecule has 1 aliphatic heterocycles. The Labute approximate surface area is 218 Å². The average molecular weight is 530 g/mol. The van der Waals surface area contributed by atoms with Gasteiger partial charge < -0.3 is 19.7 Å². The molecule has 0 bridgehead atoms. The van der Waals surface area contributed by atoms with Crippen LogP contribution >= 0.6 is 0 Å². The molecule has 1 heterocycles. The molecule has 37 heavy (non-hydrogen) atoms. The van der Waals surface area contributed by atoms with Gasteiger partial charge >= 0.3 is 0 Å². The third kappa shape index (κ3) is 6.54. The van der Waals surface area contributed by atoms with Crippen molar-refractivity contribution in [3.8, 4) is 11.5 Å². The molecule has 9 nitrogen and oxygen atoms in total. The average Bonchev–Trinajstić information content (AvgIpc) is 3.54. The Morgan fingerprint density at radius 3 is 2.38 bits per heavy atom. The molecule has 0 radical (unpaired) electrons. The molecule has 1 atom stereocenters. The van der Waals surface area contributed by atoms with Crippen LogP contribution in [0.25, 0.3) is 0 Å². The van der Waals surface area contributed by atoms with Gasteiger partial charge in [-0.25, -0.2) is 8.42 Å². The Morgan fingerprint density at radius 2 is 1.73 bits per heavy atom. The molecule has 1 saturated carbocycles. The van der Waals surface area contributed by atoms with E-state index in [1.807, 2.05) is 38.1 Å². The fourth-order valence-corrected chi connectivity index (χ4v) is 5.67. The maximum absolute atomic E-state index is 13.8. The van der Waals surface area contributed by atoms with Crippen molar-refractivity contribution in [2.45, 2.75) is 64.6 Å². The molecule has 1 N–H and O–H groups in total. The minimum Gasteiger partial charge on any atom is -0.454 e. The van der Waals surface area contributed by atoms with Crippen molar-refractivity contribution in [3.63, 3.8) is 0 Å². The lowest BCUT2D eigenvalue weighted by molar-refractivity contribution is -0.140. The minimum absolute atomic E-state index is 0.0508. The van der Waals surface area contributed by atoms with Crippen LogP contribution in [0, 0.1) is 6.92 Å². The highest BCUT2D eigenvalue weighted by molar-refractivity contribution is 7.92. The number of ether oxygens (including phenoxy) is 2. The summed E-state index contributed by atoms with van der Waals surface area (Å²) in [4.78, 5) is 28.6. The van der Waals surface area contributed by atoms with E-state index in [9.17, 15) is 18.0 Å². The standard InChI is InChI=1S/C27H35N3O6S/c1-4-23(27(32)28-21-7-5-6-8-21)29(16-20-11-9-19(2)10-12-20)26(31)17-30(37(3,33)34)22-13-14-24-25(15-22)36-18-35-24/h9-15,21,23H,4-8,16-18H2,1-3H3,(H,28,32)/t23-/m0/s1. The van der Waals surface area contributed by atoms with Gasteiger partial charge in [-0.2, -0.15) is 0 Å². The fourth-order valence-electron chi connectivity index (χ4n) is 4.83. The van der Waals surface area contributed by atoms with E-state index in [-0.39, 0.29) is 25.3 Å². The Bertz CT molecular complexity index is 1230. The van der Waals surface area contributed by atoms with E-state index in [2.05, 4.69) is 5.32 Å². The van der Waals surface area contributed by atoms with E-state index in [0.29, 0.717) is 23.6 Å². The van der Waals surface area contributed by atoms with Gasteiger partial charge in [0.2, 0.25) is 28.6 Å². The fraction of sp³-hybridized carbons (Fsp3) is 0.481. The minimum atomic E-state index is -3.82. The normalized spacial score (nSPS) is 15.9. The van der Waals surface area contributed by atoms with Crippen LogP contribution in [0.3, 0.4) is 0 Å². The van der Waals surface area contributed by atoms with Crippen LogP contribution in [0.4, 0.5) is 5.69 Å². The third-order valence-corrected chi connectivity index (χ3v) is 8.02. The number of carbonyl (C=O) groups excluding carboxylic acids is 2. The van der Waals surface area contributed by atoms with E-state index in [1.54, 1.807) is 18.2 Å². The second kappa shape index (κ2) is 11.4. The molecule has 0 aromatic heterocycles. The van der Waals surface area contributed by atoms with E-state index in [1.165, 1.54) is 4.90 Å².